The molecule has 0 saturated heterocycles. The number of rotatable bonds is 2. The molecule has 0 radical (unpaired) electrons. The van der Waals surface area contributed by atoms with Gasteiger partial charge in [0.05, 0.1) is 11.2 Å². The third-order valence-electron chi connectivity index (χ3n) is 5.49. The van der Waals surface area contributed by atoms with Crippen molar-refractivity contribution in [2.24, 2.45) is 0 Å². The number of pyridine rings is 1. The number of aromatic nitrogens is 3. The van der Waals surface area contributed by atoms with E-state index in [4.69, 9.17) is 10.7 Å². The number of nitrogen functional groups attached to an aromatic ring is 1. The first-order valence-electron chi connectivity index (χ1n) is 8.61. The van der Waals surface area contributed by atoms with Crippen molar-refractivity contribution in [3.8, 4) is 11.1 Å². The average molecular weight is 335 g/mol. The van der Waals surface area contributed by atoms with Gasteiger partial charge < -0.3 is 5.73 Å². The molecule has 126 valence electrons. The lowest BCUT2D eigenvalue weighted by atomic mass is 9.92. The Balaban J connectivity index is 1.70. The highest BCUT2D eigenvalue weighted by Crippen LogP contribution is 2.39. The van der Waals surface area contributed by atoms with Gasteiger partial charge in [-0.25, -0.2) is 14.4 Å². The van der Waals surface area contributed by atoms with Gasteiger partial charge >= 0.3 is 0 Å². The molecule has 5 rings (SSSR count). The molecule has 2 aliphatic rings. The Bertz CT molecular complexity index is 969. The van der Waals surface area contributed by atoms with Crippen molar-refractivity contribution in [3.63, 3.8) is 0 Å². The Morgan fingerprint density at radius 1 is 1.12 bits per heavy atom. The summed E-state index contributed by atoms with van der Waals surface area (Å²) in [4.78, 5) is 15.3. The number of benzene rings is 1. The average Bonchev–Trinajstić information content (AvgIpc) is 2.97. The molecular weight excluding hydrogens is 317 g/mol. The van der Waals surface area contributed by atoms with Crippen molar-refractivity contribution >= 4 is 16.6 Å². The second kappa shape index (κ2) is 5.46. The van der Waals surface area contributed by atoms with Crippen LogP contribution in [0.15, 0.2) is 30.9 Å². The van der Waals surface area contributed by atoms with Crippen LogP contribution < -0.4 is 5.73 Å². The zero-order chi connectivity index (χ0) is 17.0. The standard InChI is InChI=1S/C19H18FN5/c20-15-5-4-13-18(21)14-8-25(12-2-1-3-12)9-16(14)24-19(13)17(15)11-6-22-10-23-7-11/h4-7,10,12H,1-3,8-9H2,(H2,21,24). The quantitative estimate of drug-likeness (QED) is 0.778. The lowest BCUT2D eigenvalue weighted by Gasteiger charge is -2.34. The Morgan fingerprint density at radius 3 is 2.64 bits per heavy atom. The van der Waals surface area contributed by atoms with Crippen LogP contribution in [-0.4, -0.2) is 25.9 Å². The summed E-state index contributed by atoms with van der Waals surface area (Å²) in [6.45, 7) is 1.64. The normalized spacial score (nSPS) is 17.6. The lowest BCUT2D eigenvalue weighted by Crippen LogP contribution is -2.36. The summed E-state index contributed by atoms with van der Waals surface area (Å²) in [5.74, 6) is -0.331. The van der Waals surface area contributed by atoms with Crippen LogP contribution in [0.25, 0.3) is 22.0 Å². The number of anilines is 1. The van der Waals surface area contributed by atoms with Crippen LogP contribution in [0.4, 0.5) is 10.1 Å². The largest absolute Gasteiger partial charge is 0.398 e. The molecule has 0 spiro atoms. The highest BCUT2D eigenvalue weighted by atomic mass is 19.1. The van der Waals surface area contributed by atoms with Crippen molar-refractivity contribution in [1.82, 2.24) is 19.9 Å². The molecule has 6 heteroatoms. The van der Waals surface area contributed by atoms with E-state index in [-0.39, 0.29) is 5.82 Å². The molecule has 2 N–H and O–H groups in total. The number of nitrogens with two attached hydrogens (primary N) is 1. The van der Waals surface area contributed by atoms with Crippen LogP contribution in [0.3, 0.4) is 0 Å². The van der Waals surface area contributed by atoms with E-state index in [9.17, 15) is 4.39 Å². The molecular formula is C19H18FN5. The second-order valence-electron chi connectivity index (χ2n) is 6.89. The Hall–Kier alpha value is -2.60. The maximum atomic E-state index is 14.6. The number of hydrogen-bond acceptors (Lipinski definition) is 5. The van der Waals surface area contributed by atoms with Crippen LogP contribution in [-0.2, 0) is 13.1 Å². The van der Waals surface area contributed by atoms with Crippen LogP contribution in [0.1, 0.15) is 30.5 Å². The number of fused-ring (bicyclic) bond motifs is 2. The fourth-order valence-electron chi connectivity index (χ4n) is 3.89. The molecule has 5 nitrogen and oxygen atoms in total. The summed E-state index contributed by atoms with van der Waals surface area (Å²) in [6, 6.07) is 3.82. The molecule has 1 saturated carbocycles. The van der Waals surface area contributed by atoms with E-state index >= 15 is 0 Å². The van der Waals surface area contributed by atoms with Gasteiger partial charge in [-0.3, -0.25) is 9.88 Å². The summed E-state index contributed by atoms with van der Waals surface area (Å²) >= 11 is 0. The van der Waals surface area contributed by atoms with Gasteiger partial charge in [-0.05, 0) is 25.0 Å². The van der Waals surface area contributed by atoms with Crippen LogP contribution in [0.5, 0.6) is 0 Å². The van der Waals surface area contributed by atoms with Gasteiger partial charge in [0.1, 0.15) is 12.1 Å². The maximum Gasteiger partial charge on any atom is 0.133 e. The number of nitrogens with zero attached hydrogens (tertiary/aromatic N) is 4. The molecule has 0 unspecified atom stereocenters. The van der Waals surface area contributed by atoms with Gasteiger partial charge in [0, 0.05) is 59.3 Å². The fraction of sp³-hybridized carbons (Fsp3) is 0.316. The minimum absolute atomic E-state index is 0.331. The van der Waals surface area contributed by atoms with Gasteiger partial charge in [0.25, 0.3) is 0 Å². The Labute approximate surface area is 144 Å². The topological polar surface area (TPSA) is 67.9 Å². The predicted octanol–water partition coefficient (Wildman–Crippen LogP) is 3.28. The molecule has 0 amide bonds. The van der Waals surface area contributed by atoms with Gasteiger partial charge in [0.2, 0.25) is 0 Å². The molecule has 25 heavy (non-hydrogen) atoms. The van der Waals surface area contributed by atoms with Crippen molar-refractivity contribution < 1.29 is 4.39 Å². The van der Waals surface area contributed by atoms with Crippen molar-refractivity contribution in [3.05, 3.63) is 47.9 Å². The minimum atomic E-state index is -0.331. The third kappa shape index (κ3) is 2.21. The van der Waals surface area contributed by atoms with Crippen LogP contribution in [0, 0.1) is 5.82 Å². The van der Waals surface area contributed by atoms with E-state index in [1.54, 1.807) is 18.5 Å². The molecule has 3 aromatic rings. The van der Waals surface area contributed by atoms with E-state index in [1.165, 1.54) is 31.7 Å². The van der Waals surface area contributed by atoms with E-state index in [1.807, 2.05) is 0 Å². The highest BCUT2D eigenvalue weighted by Gasteiger charge is 2.32. The fourth-order valence-corrected chi connectivity index (χ4v) is 3.89. The minimum Gasteiger partial charge on any atom is -0.398 e. The van der Waals surface area contributed by atoms with E-state index in [0.29, 0.717) is 22.7 Å². The zero-order valence-electron chi connectivity index (χ0n) is 13.7. The monoisotopic (exact) mass is 335 g/mol. The summed E-state index contributed by atoms with van der Waals surface area (Å²) in [6.07, 6.45) is 8.44. The first kappa shape index (κ1) is 14.7. The van der Waals surface area contributed by atoms with Crippen molar-refractivity contribution in [2.45, 2.75) is 38.4 Å². The molecule has 1 aliphatic carbocycles. The Kier molecular flexibility index (Phi) is 3.21. The SMILES string of the molecule is Nc1c2c(nc3c(-c4cncnc4)c(F)ccc13)CN(C1CCC1)C2. The smallest absolute Gasteiger partial charge is 0.133 e. The van der Waals surface area contributed by atoms with Crippen LogP contribution in [0.2, 0.25) is 0 Å². The molecule has 0 bridgehead atoms. The second-order valence-corrected chi connectivity index (χ2v) is 6.89. The van der Waals surface area contributed by atoms with Crippen molar-refractivity contribution in [1.29, 1.82) is 0 Å². The molecule has 1 aliphatic heterocycles. The summed E-state index contributed by atoms with van der Waals surface area (Å²) < 4.78 is 14.6. The molecule has 0 atom stereocenters. The first-order chi connectivity index (χ1) is 12.2. The van der Waals surface area contributed by atoms with Crippen LogP contribution >= 0.6 is 0 Å². The molecule has 1 fully saturated rings. The molecule has 2 aromatic heterocycles. The van der Waals surface area contributed by atoms with Crippen molar-refractivity contribution in [2.75, 3.05) is 5.73 Å². The van der Waals surface area contributed by atoms with Gasteiger partial charge in [0.15, 0.2) is 0 Å². The summed E-state index contributed by atoms with van der Waals surface area (Å²) in [5.41, 5.74) is 10.9. The van der Waals surface area contributed by atoms with E-state index in [0.717, 1.165) is 35.4 Å². The van der Waals surface area contributed by atoms with Gasteiger partial charge in [-0.1, -0.05) is 6.42 Å². The highest BCUT2D eigenvalue weighted by molar-refractivity contribution is 6.01. The van der Waals surface area contributed by atoms with E-state index < -0.39 is 0 Å². The first-order valence-corrected chi connectivity index (χ1v) is 8.61. The molecule has 3 heterocycles. The van der Waals surface area contributed by atoms with Gasteiger partial charge in [-0.2, -0.15) is 0 Å². The summed E-state index contributed by atoms with van der Waals surface area (Å²) in [7, 11) is 0. The number of halogens is 1. The predicted molar refractivity (Wildman–Crippen MR) is 94.0 cm³/mol. The molecule has 1 aromatic carbocycles. The lowest BCUT2D eigenvalue weighted by molar-refractivity contribution is 0.126. The summed E-state index contributed by atoms with van der Waals surface area (Å²) in [5, 5.41) is 0.800. The Morgan fingerprint density at radius 2 is 1.92 bits per heavy atom. The third-order valence-corrected chi connectivity index (χ3v) is 5.49. The van der Waals surface area contributed by atoms with E-state index in [2.05, 4.69) is 14.9 Å². The zero-order valence-corrected chi connectivity index (χ0v) is 13.7. The maximum absolute atomic E-state index is 14.6. The number of hydrogen-bond donors (Lipinski definition) is 1. The van der Waals surface area contributed by atoms with Gasteiger partial charge in [-0.15, -0.1) is 0 Å².